The largest absolute Gasteiger partial charge is 0.289 e. The van der Waals surface area contributed by atoms with Gasteiger partial charge < -0.3 is 0 Å². The van der Waals surface area contributed by atoms with Crippen LogP contribution in [0.3, 0.4) is 0 Å². The van der Waals surface area contributed by atoms with Crippen molar-refractivity contribution in [3.8, 4) is 11.4 Å². The fourth-order valence-electron chi connectivity index (χ4n) is 2.02. The van der Waals surface area contributed by atoms with Gasteiger partial charge in [0.15, 0.2) is 11.6 Å². The van der Waals surface area contributed by atoms with Crippen molar-refractivity contribution >= 4 is 21.7 Å². The van der Waals surface area contributed by atoms with E-state index < -0.39 is 0 Å². The summed E-state index contributed by atoms with van der Waals surface area (Å²) in [5.74, 6) is 0.600. The molecule has 0 aliphatic carbocycles. The zero-order valence-electron chi connectivity index (χ0n) is 11.0. The van der Waals surface area contributed by atoms with Crippen LogP contribution in [-0.4, -0.2) is 15.8 Å². The number of rotatable bonds is 3. The monoisotopic (exact) mass is 338 g/mol. The molecule has 0 saturated heterocycles. The summed E-state index contributed by atoms with van der Waals surface area (Å²) in [5.41, 5.74) is 2.12. The number of carbonyl (C=O) groups is 1. The van der Waals surface area contributed by atoms with Gasteiger partial charge in [-0.25, -0.2) is 9.97 Å². The van der Waals surface area contributed by atoms with Crippen LogP contribution < -0.4 is 0 Å². The molecular formula is C17H11BrN2O. The number of hydrogen-bond donors (Lipinski definition) is 0. The predicted molar refractivity (Wildman–Crippen MR) is 85.0 cm³/mol. The van der Waals surface area contributed by atoms with Crippen LogP contribution in [0.4, 0.5) is 0 Å². The van der Waals surface area contributed by atoms with E-state index in [1.807, 2.05) is 30.3 Å². The zero-order valence-corrected chi connectivity index (χ0v) is 12.6. The SMILES string of the molecule is O=C(c1ccc(Br)cc1)c1cccc(-c2ncccn2)c1. The molecule has 0 saturated carbocycles. The summed E-state index contributed by atoms with van der Waals surface area (Å²) in [7, 11) is 0. The van der Waals surface area contributed by atoms with Gasteiger partial charge in [-0.05, 0) is 36.4 Å². The van der Waals surface area contributed by atoms with Crippen LogP contribution in [0, 0.1) is 0 Å². The molecule has 21 heavy (non-hydrogen) atoms. The molecule has 0 N–H and O–H groups in total. The van der Waals surface area contributed by atoms with Crippen LogP contribution >= 0.6 is 15.9 Å². The number of hydrogen-bond acceptors (Lipinski definition) is 3. The number of nitrogens with zero attached hydrogens (tertiary/aromatic N) is 2. The third-order valence-corrected chi connectivity index (χ3v) is 3.58. The lowest BCUT2D eigenvalue weighted by Gasteiger charge is -2.04. The second kappa shape index (κ2) is 5.97. The molecule has 0 atom stereocenters. The molecule has 0 radical (unpaired) electrons. The molecule has 0 aliphatic heterocycles. The molecule has 0 spiro atoms. The lowest BCUT2D eigenvalue weighted by molar-refractivity contribution is 0.103. The molecule has 0 unspecified atom stereocenters. The topological polar surface area (TPSA) is 42.9 Å². The first-order chi connectivity index (χ1) is 10.2. The first kappa shape index (κ1) is 13.6. The van der Waals surface area contributed by atoms with Crippen molar-refractivity contribution in [3.05, 3.63) is 82.6 Å². The van der Waals surface area contributed by atoms with Gasteiger partial charge in [-0.1, -0.05) is 34.1 Å². The normalized spacial score (nSPS) is 10.3. The molecule has 102 valence electrons. The molecule has 0 aliphatic rings. The Morgan fingerprint density at radius 3 is 2.29 bits per heavy atom. The standard InChI is InChI=1S/C17H11BrN2O/c18-15-7-5-12(6-8-15)16(21)13-3-1-4-14(11-13)17-19-9-2-10-20-17/h1-11H. The lowest BCUT2D eigenvalue weighted by Crippen LogP contribution is -2.01. The minimum atomic E-state index is -0.0136. The van der Waals surface area contributed by atoms with E-state index in [1.54, 1.807) is 36.7 Å². The maximum absolute atomic E-state index is 12.5. The smallest absolute Gasteiger partial charge is 0.193 e. The van der Waals surface area contributed by atoms with Crippen LogP contribution in [-0.2, 0) is 0 Å². The number of aromatic nitrogens is 2. The Kier molecular flexibility index (Phi) is 3.88. The zero-order chi connectivity index (χ0) is 14.7. The van der Waals surface area contributed by atoms with E-state index in [0.717, 1.165) is 10.0 Å². The minimum Gasteiger partial charge on any atom is -0.289 e. The molecule has 3 nitrogen and oxygen atoms in total. The van der Waals surface area contributed by atoms with E-state index >= 15 is 0 Å². The van der Waals surface area contributed by atoms with Crippen LogP contribution in [0.25, 0.3) is 11.4 Å². The highest BCUT2D eigenvalue weighted by Crippen LogP contribution is 2.19. The maximum Gasteiger partial charge on any atom is 0.193 e. The van der Waals surface area contributed by atoms with Crippen molar-refractivity contribution in [1.82, 2.24) is 9.97 Å². The summed E-state index contributed by atoms with van der Waals surface area (Å²) in [6.45, 7) is 0. The highest BCUT2D eigenvalue weighted by molar-refractivity contribution is 9.10. The van der Waals surface area contributed by atoms with Crippen LogP contribution in [0.1, 0.15) is 15.9 Å². The summed E-state index contributed by atoms with van der Waals surface area (Å²) < 4.78 is 0.950. The van der Waals surface area contributed by atoms with Gasteiger partial charge in [-0.2, -0.15) is 0 Å². The third-order valence-electron chi connectivity index (χ3n) is 3.06. The van der Waals surface area contributed by atoms with Crippen molar-refractivity contribution in [3.63, 3.8) is 0 Å². The average Bonchev–Trinajstić information content (AvgIpc) is 2.56. The quantitative estimate of drug-likeness (QED) is 0.674. The number of benzene rings is 2. The van der Waals surface area contributed by atoms with Crippen molar-refractivity contribution < 1.29 is 4.79 Å². The molecule has 0 fully saturated rings. The average molecular weight is 339 g/mol. The van der Waals surface area contributed by atoms with Gasteiger partial charge in [-0.15, -0.1) is 0 Å². The molecule has 0 bridgehead atoms. The van der Waals surface area contributed by atoms with Crippen LogP contribution in [0.2, 0.25) is 0 Å². The molecule has 0 amide bonds. The summed E-state index contributed by atoms with van der Waals surface area (Å²) >= 11 is 3.37. The Morgan fingerprint density at radius 2 is 1.57 bits per heavy atom. The second-order valence-corrected chi connectivity index (χ2v) is 5.40. The summed E-state index contributed by atoms with van der Waals surface area (Å²) in [4.78, 5) is 20.9. The highest BCUT2D eigenvalue weighted by Gasteiger charge is 2.10. The number of ketones is 1. The van der Waals surface area contributed by atoms with Crippen LogP contribution in [0.15, 0.2) is 71.5 Å². The Bertz CT molecular complexity index is 770. The third kappa shape index (κ3) is 3.06. The van der Waals surface area contributed by atoms with Crippen molar-refractivity contribution in [1.29, 1.82) is 0 Å². The Labute approximate surface area is 130 Å². The summed E-state index contributed by atoms with van der Waals surface area (Å²) in [5, 5.41) is 0. The van der Waals surface area contributed by atoms with E-state index in [2.05, 4.69) is 25.9 Å². The lowest BCUT2D eigenvalue weighted by atomic mass is 10.0. The van der Waals surface area contributed by atoms with Gasteiger partial charge in [0.05, 0.1) is 0 Å². The minimum absolute atomic E-state index is 0.0136. The molecule has 1 aromatic heterocycles. The first-order valence-electron chi connectivity index (χ1n) is 6.42. The van der Waals surface area contributed by atoms with Crippen molar-refractivity contribution in [2.75, 3.05) is 0 Å². The Balaban J connectivity index is 1.96. The molecule has 1 heterocycles. The van der Waals surface area contributed by atoms with Gasteiger partial charge >= 0.3 is 0 Å². The number of carbonyl (C=O) groups excluding carboxylic acids is 1. The van der Waals surface area contributed by atoms with E-state index in [1.165, 1.54) is 0 Å². The van der Waals surface area contributed by atoms with Gasteiger partial charge in [0.2, 0.25) is 0 Å². The molecular weight excluding hydrogens is 328 g/mol. The van der Waals surface area contributed by atoms with E-state index in [4.69, 9.17) is 0 Å². The Hall–Kier alpha value is -2.33. The fraction of sp³-hybridized carbons (Fsp3) is 0. The van der Waals surface area contributed by atoms with E-state index in [0.29, 0.717) is 17.0 Å². The second-order valence-electron chi connectivity index (χ2n) is 4.49. The molecule has 3 aromatic rings. The van der Waals surface area contributed by atoms with E-state index in [9.17, 15) is 4.79 Å². The summed E-state index contributed by atoms with van der Waals surface area (Å²) in [6.07, 6.45) is 3.37. The van der Waals surface area contributed by atoms with Crippen molar-refractivity contribution in [2.45, 2.75) is 0 Å². The molecule has 4 heteroatoms. The molecule has 2 aromatic carbocycles. The maximum atomic E-state index is 12.5. The highest BCUT2D eigenvalue weighted by atomic mass is 79.9. The van der Waals surface area contributed by atoms with Gasteiger partial charge in [-0.3, -0.25) is 4.79 Å². The van der Waals surface area contributed by atoms with Gasteiger partial charge in [0.1, 0.15) is 0 Å². The van der Waals surface area contributed by atoms with Gasteiger partial charge in [0, 0.05) is 33.6 Å². The van der Waals surface area contributed by atoms with Crippen molar-refractivity contribution in [2.24, 2.45) is 0 Å². The molecule has 3 rings (SSSR count). The summed E-state index contributed by atoms with van der Waals surface area (Å²) in [6, 6.07) is 16.5. The van der Waals surface area contributed by atoms with Gasteiger partial charge in [0.25, 0.3) is 0 Å². The first-order valence-corrected chi connectivity index (χ1v) is 7.21. The Morgan fingerprint density at radius 1 is 0.857 bits per heavy atom. The predicted octanol–water partition coefficient (Wildman–Crippen LogP) is 4.14. The van der Waals surface area contributed by atoms with E-state index in [-0.39, 0.29) is 5.78 Å². The van der Waals surface area contributed by atoms with Crippen LogP contribution in [0.5, 0.6) is 0 Å². The number of halogens is 1. The fourth-order valence-corrected chi connectivity index (χ4v) is 2.28.